The van der Waals surface area contributed by atoms with E-state index >= 15 is 0 Å². The first-order valence-corrected chi connectivity index (χ1v) is 7.21. The number of ether oxygens (including phenoxy) is 1. The second-order valence-electron chi connectivity index (χ2n) is 4.64. The Labute approximate surface area is 129 Å². The van der Waals surface area contributed by atoms with E-state index in [0.717, 1.165) is 23.2 Å². The van der Waals surface area contributed by atoms with Crippen LogP contribution in [-0.4, -0.2) is 10.2 Å². The van der Waals surface area contributed by atoms with Gasteiger partial charge in [-0.3, -0.25) is 0 Å². The Morgan fingerprint density at radius 3 is 2.62 bits per heavy atom. The molecule has 0 saturated carbocycles. The largest absolute Gasteiger partial charge is 0.436 e. The zero-order valence-corrected chi connectivity index (χ0v) is 13.0. The van der Waals surface area contributed by atoms with Crippen LogP contribution in [0.15, 0.2) is 18.2 Å². The zero-order chi connectivity index (χ0) is 15.4. The monoisotopic (exact) mass is 301 g/mol. The van der Waals surface area contributed by atoms with E-state index in [-0.39, 0.29) is 5.88 Å². The minimum atomic E-state index is 0.233. The summed E-state index contributed by atoms with van der Waals surface area (Å²) in [6.45, 7) is 5.89. The molecule has 1 aromatic carbocycles. The normalized spacial score (nSPS) is 10.2. The molecule has 0 N–H and O–H groups in total. The van der Waals surface area contributed by atoms with Crippen molar-refractivity contribution in [2.24, 2.45) is 0 Å². The Hall–Kier alpha value is -2.12. The molecule has 0 aliphatic carbocycles. The molecule has 2 aromatic rings. The summed E-state index contributed by atoms with van der Waals surface area (Å²) in [5.41, 5.74) is 3.10. The molecule has 108 valence electrons. The second-order valence-corrected chi connectivity index (χ2v) is 5.07. The summed E-state index contributed by atoms with van der Waals surface area (Å²) in [6, 6.07) is 7.54. The van der Waals surface area contributed by atoms with E-state index in [1.165, 1.54) is 0 Å². The van der Waals surface area contributed by atoms with E-state index in [0.29, 0.717) is 22.8 Å². The van der Waals surface area contributed by atoms with Gasteiger partial charge in [-0.2, -0.15) is 10.4 Å². The van der Waals surface area contributed by atoms with Crippen LogP contribution >= 0.6 is 11.6 Å². The lowest BCUT2D eigenvalue weighted by atomic mass is 10.0. The van der Waals surface area contributed by atoms with Gasteiger partial charge in [-0.1, -0.05) is 31.5 Å². The van der Waals surface area contributed by atoms with Crippen LogP contribution in [-0.2, 0) is 12.8 Å². The molecule has 0 atom stereocenters. The van der Waals surface area contributed by atoms with Gasteiger partial charge in [0.05, 0.1) is 5.69 Å². The summed E-state index contributed by atoms with van der Waals surface area (Å²) in [7, 11) is 0. The van der Waals surface area contributed by atoms with Crippen LogP contribution in [0.1, 0.15) is 36.2 Å². The fourth-order valence-electron chi connectivity index (χ4n) is 2.13. The zero-order valence-electron chi connectivity index (χ0n) is 12.3. The third-order valence-electron chi connectivity index (χ3n) is 3.28. The molecule has 21 heavy (non-hydrogen) atoms. The molecule has 0 aliphatic rings. The molecule has 0 saturated heterocycles. The molecule has 2 rings (SSSR count). The molecule has 4 nitrogen and oxygen atoms in total. The Kier molecular flexibility index (Phi) is 4.77. The van der Waals surface area contributed by atoms with E-state index in [1.54, 1.807) is 12.1 Å². The van der Waals surface area contributed by atoms with Crippen molar-refractivity contribution < 1.29 is 4.74 Å². The summed E-state index contributed by atoms with van der Waals surface area (Å²) in [5, 5.41) is 18.2. The Morgan fingerprint density at radius 2 is 2.00 bits per heavy atom. The first-order chi connectivity index (χ1) is 10.1. The van der Waals surface area contributed by atoms with Crippen LogP contribution in [0, 0.1) is 18.3 Å². The molecule has 5 heteroatoms. The van der Waals surface area contributed by atoms with Crippen molar-refractivity contribution >= 4 is 11.6 Å². The van der Waals surface area contributed by atoms with Gasteiger partial charge in [0.1, 0.15) is 17.4 Å². The third-order valence-corrected chi connectivity index (χ3v) is 3.52. The highest BCUT2D eigenvalue weighted by Crippen LogP contribution is 2.30. The first kappa shape index (κ1) is 15.3. The molecule has 0 aliphatic heterocycles. The van der Waals surface area contributed by atoms with Crippen LogP contribution in [0.4, 0.5) is 0 Å². The predicted molar refractivity (Wildman–Crippen MR) is 81.8 cm³/mol. The van der Waals surface area contributed by atoms with E-state index in [1.807, 2.05) is 26.8 Å². The van der Waals surface area contributed by atoms with Gasteiger partial charge in [-0.15, -0.1) is 5.10 Å². The Morgan fingerprint density at radius 1 is 1.24 bits per heavy atom. The molecule has 0 unspecified atom stereocenters. The Bertz CT molecular complexity index is 707. The summed E-state index contributed by atoms with van der Waals surface area (Å²) >= 11 is 5.98. The number of hydrogen-bond acceptors (Lipinski definition) is 4. The quantitative estimate of drug-likeness (QED) is 0.848. The van der Waals surface area contributed by atoms with Gasteiger partial charge >= 0.3 is 0 Å². The van der Waals surface area contributed by atoms with Crippen LogP contribution in [0.3, 0.4) is 0 Å². The van der Waals surface area contributed by atoms with Gasteiger partial charge in [0, 0.05) is 5.02 Å². The predicted octanol–water partition coefficient (Wildman–Crippen LogP) is 4.23. The average molecular weight is 302 g/mol. The lowest BCUT2D eigenvalue weighted by molar-refractivity contribution is 0.447. The minimum absolute atomic E-state index is 0.233. The van der Waals surface area contributed by atoms with Crippen molar-refractivity contribution in [3.8, 4) is 17.7 Å². The number of aryl methyl sites for hydroxylation is 2. The van der Waals surface area contributed by atoms with Gasteiger partial charge in [0.15, 0.2) is 0 Å². The highest BCUT2D eigenvalue weighted by atomic mass is 35.5. The molecule has 1 aromatic heterocycles. The second kappa shape index (κ2) is 6.55. The summed E-state index contributed by atoms with van der Waals surface area (Å²) in [4.78, 5) is 0. The maximum absolute atomic E-state index is 9.43. The van der Waals surface area contributed by atoms with Crippen molar-refractivity contribution in [1.82, 2.24) is 10.2 Å². The lowest BCUT2D eigenvalue weighted by Crippen LogP contribution is -2.05. The number of nitrogens with zero attached hydrogens (tertiary/aromatic N) is 3. The summed E-state index contributed by atoms with van der Waals surface area (Å²) in [5.74, 6) is 0.816. The molecular weight excluding hydrogens is 286 g/mol. The van der Waals surface area contributed by atoms with Gasteiger partial charge in [0.25, 0.3) is 5.88 Å². The lowest BCUT2D eigenvalue weighted by Gasteiger charge is -2.12. The van der Waals surface area contributed by atoms with Gasteiger partial charge in [0.2, 0.25) is 0 Å². The number of benzene rings is 1. The fourth-order valence-corrected chi connectivity index (χ4v) is 2.29. The smallest absolute Gasteiger partial charge is 0.257 e. The van der Waals surface area contributed by atoms with Gasteiger partial charge in [-0.25, -0.2) is 0 Å². The maximum atomic E-state index is 9.43. The van der Waals surface area contributed by atoms with Crippen LogP contribution in [0.5, 0.6) is 11.6 Å². The van der Waals surface area contributed by atoms with E-state index < -0.39 is 0 Å². The fraction of sp³-hybridized carbons (Fsp3) is 0.312. The van der Waals surface area contributed by atoms with Crippen LogP contribution < -0.4 is 4.74 Å². The van der Waals surface area contributed by atoms with Crippen molar-refractivity contribution in [1.29, 1.82) is 5.26 Å². The number of hydrogen-bond donors (Lipinski definition) is 0. The Balaban J connectivity index is 2.50. The highest BCUT2D eigenvalue weighted by Gasteiger charge is 2.16. The summed E-state index contributed by atoms with van der Waals surface area (Å²) in [6.07, 6.45) is 1.45. The van der Waals surface area contributed by atoms with E-state index in [9.17, 15) is 5.26 Å². The molecule has 0 spiro atoms. The van der Waals surface area contributed by atoms with Crippen molar-refractivity contribution in [3.63, 3.8) is 0 Å². The van der Waals surface area contributed by atoms with E-state index in [4.69, 9.17) is 16.3 Å². The SMILES string of the molecule is CCc1nnc(Oc2cc(Cl)ccc2C)c(C#N)c1CC. The highest BCUT2D eigenvalue weighted by molar-refractivity contribution is 6.30. The van der Waals surface area contributed by atoms with E-state index in [2.05, 4.69) is 16.3 Å². The minimum Gasteiger partial charge on any atom is -0.436 e. The molecule has 1 heterocycles. The number of nitriles is 1. The van der Waals surface area contributed by atoms with Crippen molar-refractivity contribution in [2.75, 3.05) is 0 Å². The van der Waals surface area contributed by atoms with Gasteiger partial charge < -0.3 is 4.74 Å². The molecule has 0 amide bonds. The average Bonchev–Trinajstić information content (AvgIpc) is 2.50. The number of rotatable bonds is 4. The maximum Gasteiger partial charge on any atom is 0.257 e. The molecule has 0 fully saturated rings. The van der Waals surface area contributed by atoms with Crippen LogP contribution in [0.2, 0.25) is 5.02 Å². The summed E-state index contributed by atoms with van der Waals surface area (Å²) < 4.78 is 5.77. The molecule has 0 radical (unpaired) electrons. The van der Waals surface area contributed by atoms with Crippen molar-refractivity contribution in [2.45, 2.75) is 33.6 Å². The third kappa shape index (κ3) is 3.14. The standard InChI is InChI=1S/C16H16ClN3O/c1-4-12-13(9-18)16(20-19-14(12)5-2)21-15-8-11(17)7-6-10(15)3/h6-8H,4-5H2,1-3H3. The first-order valence-electron chi connectivity index (χ1n) is 6.83. The van der Waals surface area contributed by atoms with Crippen LogP contribution in [0.25, 0.3) is 0 Å². The number of halogens is 1. The number of aromatic nitrogens is 2. The molecule has 0 bridgehead atoms. The molecular formula is C16H16ClN3O. The van der Waals surface area contributed by atoms with Gasteiger partial charge in [-0.05, 0) is 43.0 Å². The van der Waals surface area contributed by atoms with Crippen molar-refractivity contribution in [3.05, 3.63) is 45.6 Å². The topological polar surface area (TPSA) is 58.8 Å².